The zero-order chi connectivity index (χ0) is 16.5. The summed E-state index contributed by atoms with van der Waals surface area (Å²) in [5.41, 5.74) is 16.3. The van der Waals surface area contributed by atoms with Gasteiger partial charge >= 0.3 is 0 Å². The Labute approximate surface area is 140 Å². The van der Waals surface area contributed by atoms with Crippen LogP contribution in [0.1, 0.15) is 37.2 Å². The van der Waals surface area contributed by atoms with Crippen molar-refractivity contribution in [3.8, 4) is 0 Å². The molecule has 6 nitrogen and oxygen atoms in total. The van der Waals surface area contributed by atoms with Crippen molar-refractivity contribution >= 4 is 22.8 Å². The van der Waals surface area contributed by atoms with Gasteiger partial charge in [0.15, 0.2) is 5.65 Å². The highest BCUT2D eigenvalue weighted by Gasteiger charge is 2.27. The number of hydrogen-bond donors (Lipinski definition) is 3. The predicted molar refractivity (Wildman–Crippen MR) is 96.3 cm³/mol. The van der Waals surface area contributed by atoms with Gasteiger partial charge in [-0.3, -0.25) is 0 Å². The maximum absolute atomic E-state index is 6.33. The van der Waals surface area contributed by atoms with Crippen molar-refractivity contribution in [3.05, 3.63) is 48.3 Å². The number of rotatable bonds is 3. The molecule has 0 amide bonds. The van der Waals surface area contributed by atoms with Crippen LogP contribution in [0.25, 0.3) is 5.65 Å². The molecule has 2 aromatic heterocycles. The monoisotopic (exact) mass is 322 g/mol. The lowest BCUT2D eigenvalue weighted by Gasteiger charge is -2.28. The molecule has 3 aromatic rings. The lowest BCUT2D eigenvalue weighted by atomic mass is 9.81. The van der Waals surface area contributed by atoms with Crippen molar-refractivity contribution in [3.63, 3.8) is 0 Å². The van der Waals surface area contributed by atoms with Crippen LogP contribution in [0.5, 0.6) is 0 Å². The largest absolute Gasteiger partial charge is 0.382 e. The number of anilines is 3. The maximum Gasteiger partial charge on any atom is 0.177 e. The number of nitrogens with two attached hydrogens (primary N) is 2. The van der Waals surface area contributed by atoms with Crippen LogP contribution in [0.3, 0.4) is 0 Å². The van der Waals surface area contributed by atoms with Crippen molar-refractivity contribution in [1.82, 2.24) is 14.6 Å². The number of nitrogen functional groups attached to an aromatic ring is 1. The molecule has 0 unspecified atom stereocenters. The molecular weight excluding hydrogens is 300 g/mol. The highest BCUT2D eigenvalue weighted by molar-refractivity contribution is 5.80. The average Bonchev–Trinajstić information content (AvgIpc) is 3.05. The molecule has 2 heterocycles. The summed E-state index contributed by atoms with van der Waals surface area (Å²) in [5, 5.41) is 8.01. The fraction of sp³-hybridized carbons (Fsp3) is 0.333. The van der Waals surface area contributed by atoms with E-state index in [1.807, 2.05) is 36.5 Å². The van der Waals surface area contributed by atoms with Crippen LogP contribution in [0.4, 0.5) is 17.2 Å². The Morgan fingerprint density at radius 1 is 1.08 bits per heavy atom. The minimum absolute atomic E-state index is 0.302. The number of para-hydroxylation sites is 1. The molecule has 124 valence electrons. The number of nitrogens with one attached hydrogen (secondary N) is 1. The van der Waals surface area contributed by atoms with Gasteiger partial charge in [0, 0.05) is 29.7 Å². The molecule has 1 aliphatic carbocycles. The van der Waals surface area contributed by atoms with Crippen LogP contribution < -0.4 is 16.8 Å². The van der Waals surface area contributed by atoms with Crippen LogP contribution in [0, 0.1) is 0 Å². The van der Waals surface area contributed by atoms with Gasteiger partial charge in [0.05, 0.1) is 5.69 Å². The fourth-order valence-corrected chi connectivity index (χ4v) is 3.59. The van der Waals surface area contributed by atoms with Gasteiger partial charge in [-0.25, -0.2) is 9.50 Å². The van der Waals surface area contributed by atoms with Gasteiger partial charge in [0.1, 0.15) is 5.82 Å². The number of nitrogens with zero attached hydrogens (tertiary/aromatic N) is 3. The second kappa shape index (κ2) is 6.13. The van der Waals surface area contributed by atoms with Crippen molar-refractivity contribution in [2.45, 2.75) is 37.6 Å². The van der Waals surface area contributed by atoms with E-state index < -0.39 is 0 Å². The molecule has 4 rings (SSSR count). The van der Waals surface area contributed by atoms with E-state index >= 15 is 0 Å². The van der Waals surface area contributed by atoms with Gasteiger partial charge in [-0.1, -0.05) is 18.2 Å². The Hall–Kier alpha value is -2.60. The summed E-state index contributed by atoms with van der Waals surface area (Å²) >= 11 is 0. The summed E-state index contributed by atoms with van der Waals surface area (Å²) in [6.45, 7) is 0. The first kappa shape index (κ1) is 15.0. The third-order valence-electron chi connectivity index (χ3n) is 4.83. The van der Waals surface area contributed by atoms with Crippen molar-refractivity contribution in [1.29, 1.82) is 0 Å². The van der Waals surface area contributed by atoms with E-state index in [-0.39, 0.29) is 0 Å². The third kappa shape index (κ3) is 2.69. The van der Waals surface area contributed by atoms with Crippen molar-refractivity contribution < 1.29 is 0 Å². The maximum atomic E-state index is 6.33. The zero-order valence-corrected chi connectivity index (χ0v) is 13.5. The van der Waals surface area contributed by atoms with Crippen LogP contribution in [-0.4, -0.2) is 20.6 Å². The molecule has 1 aromatic carbocycles. The SMILES string of the molecule is Nc1nn2ccnc2c(Nc2ccccc2)c1C1CCC(N)CC1. The number of benzene rings is 1. The minimum atomic E-state index is 0.302. The quantitative estimate of drug-likeness (QED) is 0.689. The highest BCUT2D eigenvalue weighted by atomic mass is 15.3. The number of hydrogen-bond acceptors (Lipinski definition) is 5. The summed E-state index contributed by atoms with van der Waals surface area (Å²) in [6.07, 6.45) is 7.69. The Kier molecular flexibility index (Phi) is 3.82. The van der Waals surface area contributed by atoms with Gasteiger partial charge in [-0.15, -0.1) is 5.10 Å². The molecule has 0 saturated heterocycles. The first-order chi connectivity index (χ1) is 11.7. The van der Waals surface area contributed by atoms with Crippen molar-refractivity contribution in [2.75, 3.05) is 11.1 Å². The molecule has 0 spiro atoms. The lowest BCUT2D eigenvalue weighted by Crippen LogP contribution is -2.26. The lowest BCUT2D eigenvalue weighted by molar-refractivity contribution is 0.396. The Bertz CT molecular complexity index is 833. The summed E-state index contributed by atoms with van der Waals surface area (Å²) in [7, 11) is 0. The average molecular weight is 322 g/mol. The molecule has 0 bridgehead atoms. The number of aromatic nitrogens is 3. The highest BCUT2D eigenvalue weighted by Crippen LogP contribution is 2.41. The van der Waals surface area contributed by atoms with E-state index in [9.17, 15) is 0 Å². The first-order valence-corrected chi connectivity index (χ1v) is 8.42. The predicted octanol–water partition coefficient (Wildman–Crippen LogP) is 3.04. The van der Waals surface area contributed by atoms with Gasteiger partial charge < -0.3 is 16.8 Å². The Balaban J connectivity index is 1.82. The Morgan fingerprint density at radius 3 is 2.58 bits per heavy atom. The summed E-state index contributed by atoms with van der Waals surface area (Å²) in [6, 6.07) is 10.4. The molecule has 6 heteroatoms. The molecule has 1 aliphatic rings. The topological polar surface area (TPSA) is 94.3 Å². The van der Waals surface area contributed by atoms with E-state index in [0.717, 1.165) is 48.3 Å². The first-order valence-electron chi connectivity index (χ1n) is 8.42. The number of imidazole rings is 1. The molecule has 1 saturated carbocycles. The van der Waals surface area contributed by atoms with Gasteiger partial charge in [-0.2, -0.15) is 0 Å². The Morgan fingerprint density at radius 2 is 1.83 bits per heavy atom. The smallest absolute Gasteiger partial charge is 0.177 e. The molecule has 0 radical (unpaired) electrons. The van der Waals surface area contributed by atoms with E-state index in [2.05, 4.69) is 15.4 Å². The summed E-state index contributed by atoms with van der Waals surface area (Å²) < 4.78 is 1.73. The molecule has 24 heavy (non-hydrogen) atoms. The molecule has 1 fully saturated rings. The van der Waals surface area contributed by atoms with E-state index in [1.54, 1.807) is 10.7 Å². The molecule has 0 aliphatic heterocycles. The summed E-state index contributed by atoms with van der Waals surface area (Å²) in [5.74, 6) is 0.935. The summed E-state index contributed by atoms with van der Waals surface area (Å²) in [4.78, 5) is 4.48. The van der Waals surface area contributed by atoms with E-state index in [1.165, 1.54) is 0 Å². The number of fused-ring (bicyclic) bond motifs is 1. The van der Waals surface area contributed by atoms with Crippen LogP contribution in [-0.2, 0) is 0 Å². The van der Waals surface area contributed by atoms with Gasteiger partial charge in [0.25, 0.3) is 0 Å². The fourth-order valence-electron chi connectivity index (χ4n) is 3.59. The molecule has 0 atom stereocenters. The standard InChI is InChI=1S/C18H22N6/c19-13-8-6-12(7-9-13)15-16(22-14-4-2-1-3-5-14)18-21-10-11-24(18)23-17(15)20/h1-5,10-13,22H,6-9,19H2,(H2,20,23). The van der Waals surface area contributed by atoms with Crippen molar-refractivity contribution in [2.24, 2.45) is 5.73 Å². The second-order valence-electron chi connectivity index (χ2n) is 6.47. The van der Waals surface area contributed by atoms with E-state index in [4.69, 9.17) is 11.5 Å². The zero-order valence-electron chi connectivity index (χ0n) is 13.5. The second-order valence-corrected chi connectivity index (χ2v) is 6.47. The third-order valence-corrected chi connectivity index (χ3v) is 4.83. The van der Waals surface area contributed by atoms with Crippen LogP contribution in [0.15, 0.2) is 42.7 Å². The van der Waals surface area contributed by atoms with Crippen LogP contribution >= 0.6 is 0 Å². The van der Waals surface area contributed by atoms with Gasteiger partial charge in [-0.05, 0) is 43.7 Å². The van der Waals surface area contributed by atoms with E-state index in [0.29, 0.717) is 17.8 Å². The molecular formula is C18H22N6. The van der Waals surface area contributed by atoms with Crippen LogP contribution in [0.2, 0.25) is 0 Å². The molecule has 5 N–H and O–H groups in total. The normalized spacial score (nSPS) is 21.0. The van der Waals surface area contributed by atoms with Gasteiger partial charge in [0.2, 0.25) is 0 Å². The minimum Gasteiger partial charge on any atom is -0.382 e.